The highest BCUT2D eigenvalue weighted by atomic mass is 35.5. The average molecular weight is 803 g/mol. The van der Waals surface area contributed by atoms with Gasteiger partial charge in [-0.3, -0.25) is 9.69 Å². The molecule has 4 heterocycles. The standard InChI is InChI=1S/C40H50ClF3N6O6/c1-2-55-31(25-51)24-47-14-7-27(8-15-47)28-9-16-48(17-10-28)37(52)35(23-26-21-32(40(42,43)44)36(45)33(41)22-26)56-39(54)49-18-12-30(13-19-49)50-20-11-29-5-3-4-6-34(29)46-38(50)53/h3-6,21-22,27-28,30,35H,2,7-20,23-24,45H2,1H3,(H,46,53)/t35-/m1/s1. The van der Waals surface area contributed by atoms with Gasteiger partial charge in [-0.25, -0.2) is 14.4 Å². The first-order chi connectivity index (χ1) is 26.8. The predicted octanol–water partition coefficient (Wildman–Crippen LogP) is 6.25. The number of ether oxygens (including phenoxy) is 2. The predicted molar refractivity (Wildman–Crippen MR) is 205 cm³/mol. The zero-order valence-electron chi connectivity index (χ0n) is 31.6. The molecule has 3 N–H and O–H groups in total. The van der Waals surface area contributed by atoms with E-state index in [9.17, 15) is 32.3 Å². The van der Waals surface area contributed by atoms with E-state index < -0.39 is 35.5 Å². The molecule has 1 atom stereocenters. The Bertz CT molecular complexity index is 1780. The van der Waals surface area contributed by atoms with Crippen LogP contribution in [0.4, 0.5) is 34.1 Å². The summed E-state index contributed by atoms with van der Waals surface area (Å²) in [4.78, 5) is 59.2. The molecule has 2 aromatic rings. The van der Waals surface area contributed by atoms with Gasteiger partial charge in [0.05, 0.1) is 29.4 Å². The summed E-state index contributed by atoms with van der Waals surface area (Å²) in [5, 5.41) is 2.68. The van der Waals surface area contributed by atoms with Crippen molar-refractivity contribution in [1.29, 1.82) is 0 Å². The van der Waals surface area contributed by atoms with Gasteiger partial charge in [-0.15, -0.1) is 0 Å². The number of nitrogens with one attached hydrogen (secondary N) is 1. The van der Waals surface area contributed by atoms with E-state index >= 15 is 0 Å². The van der Waals surface area contributed by atoms with Gasteiger partial charge in [0.25, 0.3) is 5.91 Å². The summed E-state index contributed by atoms with van der Waals surface area (Å²) in [7, 11) is 0. The molecule has 0 aliphatic carbocycles. The minimum atomic E-state index is -4.79. The summed E-state index contributed by atoms with van der Waals surface area (Å²) < 4.78 is 52.9. The van der Waals surface area contributed by atoms with Crippen LogP contribution in [0, 0.1) is 11.8 Å². The Kier molecular flexibility index (Phi) is 13.4. The monoisotopic (exact) mass is 802 g/mol. The van der Waals surface area contributed by atoms with Crippen molar-refractivity contribution in [3.8, 4) is 0 Å². The maximum Gasteiger partial charge on any atom is 0.418 e. The number of likely N-dealkylation sites (tertiary alicyclic amines) is 3. The number of fused-ring (bicyclic) bond motifs is 1. The average Bonchev–Trinajstić information content (AvgIpc) is 3.36. The fourth-order valence-corrected chi connectivity index (χ4v) is 8.82. The van der Waals surface area contributed by atoms with Gasteiger partial charge in [0.15, 0.2) is 17.8 Å². The lowest BCUT2D eigenvalue weighted by molar-refractivity contribution is -0.142. The number of nitrogens with two attached hydrogens (primary N) is 1. The molecule has 4 amide bonds. The number of amides is 4. The maximum atomic E-state index is 14.1. The van der Waals surface area contributed by atoms with E-state index in [4.69, 9.17) is 26.8 Å². The van der Waals surface area contributed by atoms with Gasteiger partial charge in [0.2, 0.25) is 0 Å². The number of halogens is 4. The van der Waals surface area contributed by atoms with Crippen LogP contribution in [0.2, 0.25) is 5.02 Å². The topological polar surface area (TPSA) is 138 Å². The van der Waals surface area contributed by atoms with Crippen LogP contribution < -0.4 is 11.1 Å². The first-order valence-corrected chi connectivity index (χ1v) is 19.9. The lowest BCUT2D eigenvalue weighted by atomic mass is 9.78. The number of hydrogen-bond acceptors (Lipinski definition) is 8. The molecular weight excluding hydrogens is 753 g/mol. The fourth-order valence-electron chi connectivity index (χ4n) is 8.58. The number of nitrogen functional groups attached to an aromatic ring is 1. The molecule has 0 aromatic heterocycles. The van der Waals surface area contributed by atoms with Gasteiger partial charge < -0.3 is 35.2 Å². The number of anilines is 2. The number of nitrogens with zero attached hydrogens (tertiary/aromatic N) is 4. The number of hydrogen-bond donors (Lipinski definition) is 2. The van der Waals surface area contributed by atoms with Crippen molar-refractivity contribution in [3.05, 3.63) is 63.9 Å². The number of rotatable bonds is 10. The molecular formula is C40H50ClF3N6O6. The van der Waals surface area contributed by atoms with Crippen LogP contribution in [-0.2, 0) is 38.1 Å². The largest absolute Gasteiger partial charge is 0.486 e. The van der Waals surface area contributed by atoms with Crippen LogP contribution in [0.25, 0.3) is 0 Å². The Morgan fingerprint density at radius 3 is 2.25 bits per heavy atom. The number of carbonyl (C=O) groups excluding carboxylic acids is 4. The lowest BCUT2D eigenvalue weighted by Gasteiger charge is -2.41. The van der Waals surface area contributed by atoms with Crippen molar-refractivity contribution in [2.45, 2.75) is 76.6 Å². The smallest absolute Gasteiger partial charge is 0.418 e. The lowest BCUT2D eigenvalue weighted by Crippen LogP contribution is -2.52. The van der Waals surface area contributed by atoms with Crippen molar-refractivity contribution >= 4 is 46.9 Å². The number of urea groups is 1. The zero-order valence-corrected chi connectivity index (χ0v) is 32.4. The Labute approximate surface area is 330 Å². The third-order valence-electron chi connectivity index (χ3n) is 11.7. The molecule has 0 bridgehead atoms. The van der Waals surface area contributed by atoms with Gasteiger partial charge in [-0.2, -0.15) is 13.2 Å². The Hall–Kier alpha value is -4.46. The molecule has 56 heavy (non-hydrogen) atoms. The van der Waals surface area contributed by atoms with Crippen LogP contribution in [0.15, 0.2) is 42.2 Å². The summed E-state index contributed by atoms with van der Waals surface area (Å²) in [6.45, 7) is 6.23. The van der Waals surface area contributed by atoms with Crippen molar-refractivity contribution in [2.24, 2.45) is 11.8 Å². The molecule has 3 saturated heterocycles. The van der Waals surface area contributed by atoms with Gasteiger partial charge in [-0.05, 0) is 106 Å². The van der Waals surface area contributed by atoms with E-state index in [1.54, 1.807) is 9.80 Å². The highest BCUT2D eigenvalue weighted by molar-refractivity contribution is 6.33. The van der Waals surface area contributed by atoms with Gasteiger partial charge in [0.1, 0.15) is 0 Å². The first kappa shape index (κ1) is 41.2. The van der Waals surface area contributed by atoms with E-state index in [1.807, 2.05) is 37.1 Å². The molecule has 12 nitrogen and oxygen atoms in total. The second-order valence-corrected chi connectivity index (χ2v) is 15.5. The summed E-state index contributed by atoms with van der Waals surface area (Å²) in [6.07, 6.45) is -2.20. The number of piperidine rings is 3. The molecule has 16 heteroatoms. The Morgan fingerprint density at radius 2 is 1.61 bits per heavy atom. The Morgan fingerprint density at radius 1 is 0.964 bits per heavy atom. The summed E-state index contributed by atoms with van der Waals surface area (Å²) in [5.41, 5.74) is 5.84. The Balaban J connectivity index is 1.09. The van der Waals surface area contributed by atoms with Crippen molar-refractivity contribution in [2.75, 3.05) is 70.0 Å². The zero-order chi connectivity index (χ0) is 40.0. The molecule has 0 radical (unpaired) electrons. The third kappa shape index (κ3) is 9.91. The van der Waals surface area contributed by atoms with Crippen LogP contribution >= 0.6 is 11.6 Å². The van der Waals surface area contributed by atoms with Crippen molar-refractivity contribution in [3.63, 3.8) is 0 Å². The van der Waals surface area contributed by atoms with E-state index in [2.05, 4.69) is 10.2 Å². The van der Waals surface area contributed by atoms with Gasteiger partial charge >= 0.3 is 18.3 Å². The normalized spacial score (nSPS) is 19.7. The van der Waals surface area contributed by atoms with Gasteiger partial charge in [-0.1, -0.05) is 29.8 Å². The second kappa shape index (κ2) is 18.2. The quantitative estimate of drug-likeness (QED) is 0.164. The summed E-state index contributed by atoms with van der Waals surface area (Å²) >= 11 is 6.14. The van der Waals surface area contributed by atoms with Crippen LogP contribution in [0.1, 0.15) is 62.1 Å². The molecule has 6 rings (SSSR count). The second-order valence-electron chi connectivity index (χ2n) is 15.1. The molecule has 3 fully saturated rings. The highest BCUT2D eigenvalue weighted by Gasteiger charge is 2.39. The third-order valence-corrected chi connectivity index (χ3v) is 12.0. The van der Waals surface area contributed by atoms with Gasteiger partial charge in [0, 0.05) is 50.9 Å². The van der Waals surface area contributed by atoms with E-state index in [-0.39, 0.29) is 42.2 Å². The molecule has 2 aromatic carbocycles. The van der Waals surface area contributed by atoms with Crippen molar-refractivity contribution in [1.82, 2.24) is 19.6 Å². The molecule has 4 aliphatic heterocycles. The summed E-state index contributed by atoms with van der Waals surface area (Å²) in [6, 6.07) is 9.49. The molecule has 304 valence electrons. The minimum Gasteiger partial charge on any atom is -0.486 e. The molecule has 0 unspecified atom stereocenters. The SMILES string of the molecule is CCOC(=C=O)CN1CCC(C2CCN(C(=O)[C@@H](Cc3cc(Cl)c(N)c(C(F)(F)F)c3)OC(=O)N3CCC(N4CCc5ccccc5NC4=O)CC3)CC2)CC1. The van der Waals surface area contributed by atoms with E-state index in [0.29, 0.717) is 69.6 Å². The van der Waals surface area contributed by atoms with Crippen molar-refractivity contribution < 1.29 is 41.8 Å². The van der Waals surface area contributed by atoms with Crippen LogP contribution in [0.3, 0.4) is 0 Å². The molecule has 4 aliphatic rings. The van der Waals surface area contributed by atoms with Crippen LogP contribution in [0.5, 0.6) is 0 Å². The minimum absolute atomic E-state index is 0.0631. The first-order valence-electron chi connectivity index (χ1n) is 19.5. The number of alkyl halides is 3. The maximum absolute atomic E-state index is 14.1. The van der Waals surface area contributed by atoms with E-state index in [1.165, 1.54) is 11.0 Å². The van der Waals surface area contributed by atoms with Crippen LogP contribution in [-0.4, -0.2) is 115 Å². The molecule has 0 spiro atoms. The number of carbonyl (C=O) groups is 3. The highest BCUT2D eigenvalue weighted by Crippen LogP contribution is 2.39. The number of para-hydroxylation sites is 1. The van der Waals surface area contributed by atoms with E-state index in [0.717, 1.165) is 56.1 Å². The molecule has 0 saturated carbocycles. The number of benzene rings is 2. The fraction of sp³-hybridized carbons (Fsp3) is 0.575. The summed E-state index contributed by atoms with van der Waals surface area (Å²) in [5.74, 6) is 2.54.